The molecule has 2 amide bonds. The highest BCUT2D eigenvalue weighted by molar-refractivity contribution is 6.31. The maximum Gasteiger partial charge on any atom is 0.279 e. The van der Waals surface area contributed by atoms with Crippen molar-refractivity contribution in [3.05, 3.63) is 23.2 Å². The molecule has 2 N–H and O–H groups in total. The van der Waals surface area contributed by atoms with Crippen molar-refractivity contribution in [1.82, 2.24) is 4.90 Å². The van der Waals surface area contributed by atoms with E-state index in [-0.39, 0.29) is 18.4 Å². The van der Waals surface area contributed by atoms with Crippen LogP contribution in [0.25, 0.3) is 0 Å². The van der Waals surface area contributed by atoms with Crippen molar-refractivity contribution >= 4 is 29.1 Å². The first-order valence-electron chi connectivity index (χ1n) is 8.63. The van der Waals surface area contributed by atoms with Gasteiger partial charge in [0.15, 0.2) is 13.1 Å². The fraction of sp³-hybridized carbons (Fsp3) is 0.556. The molecule has 0 aromatic heterocycles. The van der Waals surface area contributed by atoms with Crippen molar-refractivity contribution < 1.29 is 19.2 Å². The van der Waals surface area contributed by atoms with Crippen molar-refractivity contribution in [3.8, 4) is 5.75 Å². The van der Waals surface area contributed by atoms with E-state index in [1.165, 1.54) is 7.11 Å². The first kappa shape index (κ1) is 21.3. The van der Waals surface area contributed by atoms with Gasteiger partial charge in [0.1, 0.15) is 5.75 Å². The quantitative estimate of drug-likeness (QED) is 0.655. The molecule has 0 saturated carbocycles. The average molecular weight is 371 g/mol. The molecule has 0 bridgehead atoms. The van der Waals surface area contributed by atoms with Crippen molar-refractivity contribution in [3.63, 3.8) is 0 Å². The number of nitrogens with zero attached hydrogens (tertiary/aromatic N) is 1. The summed E-state index contributed by atoms with van der Waals surface area (Å²) in [6, 6.07) is 5.04. The van der Waals surface area contributed by atoms with E-state index in [9.17, 15) is 9.59 Å². The lowest BCUT2D eigenvalue weighted by Gasteiger charge is -2.23. The predicted molar refractivity (Wildman–Crippen MR) is 100 cm³/mol. The third kappa shape index (κ3) is 7.32. The molecule has 1 unspecified atom stereocenters. The van der Waals surface area contributed by atoms with E-state index in [0.717, 1.165) is 30.8 Å². The molecule has 0 aliphatic rings. The molecule has 140 valence electrons. The van der Waals surface area contributed by atoms with Crippen molar-refractivity contribution in [2.45, 2.75) is 26.7 Å². The summed E-state index contributed by atoms with van der Waals surface area (Å²) < 4.78 is 5.22. The minimum atomic E-state index is -0.191. The van der Waals surface area contributed by atoms with E-state index in [1.54, 1.807) is 18.2 Å². The van der Waals surface area contributed by atoms with Gasteiger partial charge in [0.25, 0.3) is 11.8 Å². The molecule has 1 rings (SSSR count). The number of carbonyl (C=O) groups is 2. The van der Waals surface area contributed by atoms with E-state index < -0.39 is 0 Å². The summed E-state index contributed by atoms with van der Waals surface area (Å²) in [4.78, 5) is 27.3. The van der Waals surface area contributed by atoms with Crippen LogP contribution in [0.4, 0.5) is 5.69 Å². The first-order chi connectivity index (χ1) is 11.9. The summed E-state index contributed by atoms with van der Waals surface area (Å²) in [5, 5.41) is 3.31. The van der Waals surface area contributed by atoms with E-state index >= 15 is 0 Å². The Morgan fingerprint density at radius 2 is 1.84 bits per heavy atom. The summed E-state index contributed by atoms with van der Waals surface area (Å²) in [7, 11) is 3.37. The number of hydrogen-bond donors (Lipinski definition) is 2. The van der Waals surface area contributed by atoms with Crippen LogP contribution in [0.3, 0.4) is 0 Å². The third-order valence-electron chi connectivity index (χ3n) is 3.69. The standard InChI is InChI=1S/C18H28ClN3O3/c1-5-9-22(10-6-2)18(24)13-21(3)12-17(23)20-15-11-14(19)7-8-16(15)25-4/h7-8,11H,5-6,9-10,12-13H2,1-4H3,(H,20,23)/p+1. The SMILES string of the molecule is CCCN(CCC)C(=O)C[NH+](C)CC(=O)Nc1cc(Cl)ccc1OC. The Morgan fingerprint density at radius 3 is 2.40 bits per heavy atom. The highest BCUT2D eigenvalue weighted by atomic mass is 35.5. The Labute approximate surface area is 155 Å². The number of benzene rings is 1. The second-order valence-corrected chi connectivity index (χ2v) is 6.52. The second-order valence-electron chi connectivity index (χ2n) is 6.08. The lowest BCUT2D eigenvalue weighted by atomic mass is 10.3. The maximum atomic E-state index is 12.4. The van der Waals surface area contributed by atoms with Crippen LogP contribution in [-0.2, 0) is 9.59 Å². The zero-order valence-corrected chi connectivity index (χ0v) is 16.3. The highest BCUT2D eigenvalue weighted by Gasteiger charge is 2.19. The molecule has 0 aliphatic carbocycles. The van der Waals surface area contributed by atoms with Crippen LogP contribution in [-0.4, -0.2) is 57.1 Å². The molecule has 7 heteroatoms. The van der Waals surface area contributed by atoms with Crippen molar-refractivity contribution in [2.24, 2.45) is 0 Å². The third-order valence-corrected chi connectivity index (χ3v) is 3.93. The summed E-state index contributed by atoms with van der Waals surface area (Å²) in [5.41, 5.74) is 0.526. The normalized spacial score (nSPS) is 11.7. The van der Waals surface area contributed by atoms with Gasteiger partial charge >= 0.3 is 0 Å². The number of anilines is 1. The van der Waals surface area contributed by atoms with E-state index in [4.69, 9.17) is 16.3 Å². The molecule has 0 radical (unpaired) electrons. The van der Waals surface area contributed by atoms with Gasteiger partial charge in [-0.3, -0.25) is 9.59 Å². The summed E-state index contributed by atoms with van der Waals surface area (Å²) in [6.45, 7) is 6.10. The van der Waals surface area contributed by atoms with Gasteiger partial charge in [0, 0.05) is 18.1 Å². The molecule has 0 fully saturated rings. The summed E-state index contributed by atoms with van der Waals surface area (Å²) in [5.74, 6) is 0.432. The Balaban J connectivity index is 2.59. The highest BCUT2D eigenvalue weighted by Crippen LogP contribution is 2.27. The molecule has 25 heavy (non-hydrogen) atoms. The van der Waals surface area contributed by atoms with Crippen molar-refractivity contribution in [2.75, 3.05) is 45.7 Å². The van der Waals surface area contributed by atoms with Crippen LogP contribution >= 0.6 is 11.6 Å². The Morgan fingerprint density at radius 1 is 1.20 bits per heavy atom. The molecular weight excluding hydrogens is 342 g/mol. The number of hydrogen-bond acceptors (Lipinski definition) is 3. The summed E-state index contributed by atoms with van der Waals surface area (Å²) in [6.07, 6.45) is 1.86. The second kappa shape index (κ2) is 10.9. The van der Waals surface area contributed by atoms with Gasteiger partial charge in [-0.05, 0) is 31.0 Å². The number of rotatable bonds is 10. The van der Waals surface area contributed by atoms with Crippen LogP contribution in [0.1, 0.15) is 26.7 Å². The number of carbonyl (C=O) groups excluding carboxylic acids is 2. The first-order valence-corrected chi connectivity index (χ1v) is 9.01. The van der Waals surface area contributed by atoms with Crippen LogP contribution in [0.2, 0.25) is 5.02 Å². The molecule has 0 spiro atoms. The number of likely N-dealkylation sites (N-methyl/N-ethyl adjacent to an activating group) is 1. The molecule has 1 atom stereocenters. The molecule has 1 aromatic rings. The molecule has 0 saturated heterocycles. The lowest BCUT2D eigenvalue weighted by molar-refractivity contribution is -0.862. The number of quaternary nitrogens is 1. The monoisotopic (exact) mass is 370 g/mol. The molecule has 0 aliphatic heterocycles. The molecule has 1 aromatic carbocycles. The molecule has 6 nitrogen and oxygen atoms in total. The molecule has 0 heterocycles. The average Bonchev–Trinajstić information content (AvgIpc) is 2.54. The van der Waals surface area contributed by atoms with E-state index in [0.29, 0.717) is 23.0 Å². The predicted octanol–water partition coefficient (Wildman–Crippen LogP) is 1.45. The van der Waals surface area contributed by atoms with Gasteiger partial charge in [0.05, 0.1) is 19.8 Å². The van der Waals surface area contributed by atoms with E-state index in [2.05, 4.69) is 19.2 Å². The number of halogens is 1. The number of nitrogens with one attached hydrogen (secondary N) is 2. The fourth-order valence-electron chi connectivity index (χ4n) is 2.58. The van der Waals surface area contributed by atoms with Gasteiger partial charge in [-0.15, -0.1) is 0 Å². The topological polar surface area (TPSA) is 63.1 Å². The minimum Gasteiger partial charge on any atom is -0.495 e. The number of amides is 2. The van der Waals surface area contributed by atoms with Gasteiger partial charge < -0.3 is 19.9 Å². The maximum absolute atomic E-state index is 12.4. The fourth-order valence-corrected chi connectivity index (χ4v) is 2.75. The van der Waals surface area contributed by atoms with Gasteiger partial charge in [0.2, 0.25) is 0 Å². The zero-order chi connectivity index (χ0) is 18.8. The van der Waals surface area contributed by atoms with E-state index in [1.807, 2.05) is 11.9 Å². The smallest absolute Gasteiger partial charge is 0.279 e. The summed E-state index contributed by atoms with van der Waals surface area (Å²) >= 11 is 5.96. The van der Waals surface area contributed by atoms with Gasteiger partial charge in [-0.2, -0.15) is 0 Å². The Kier molecular flexibility index (Phi) is 9.31. The molecular formula is C18H29ClN3O3+. The number of methoxy groups -OCH3 is 1. The largest absolute Gasteiger partial charge is 0.495 e. The van der Waals surface area contributed by atoms with Crippen LogP contribution < -0.4 is 15.0 Å². The lowest BCUT2D eigenvalue weighted by Crippen LogP contribution is -3.11. The Hall–Kier alpha value is -1.79. The number of ether oxygens (including phenoxy) is 1. The Bertz CT molecular complexity index is 575. The van der Waals surface area contributed by atoms with Gasteiger partial charge in [-0.1, -0.05) is 25.4 Å². The minimum absolute atomic E-state index is 0.0781. The van der Waals surface area contributed by atoms with Crippen LogP contribution in [0, 0.1) is 0 Å². The zero-order valence-electron chi connectivity index (χ0n) is 15.5. The van der Waals surface area contributed by atoms with Crippen LogP contribution in [0.15, 0.2) is 18.2 Å². The van der Waals surface area contributed by atoms with Crippen molar-refractivity contribution in [1.29, 1.82) is 0 Å². The van der Waals surface area contributed by atoms with Crippen LogP contribution in [0.5, 0.6) is 5.75 Å². The van der Waals surface area contributed by atoms with Gasteiger partial charge in [-0.25, -0.2) is 0 Å².